The minimum Gasteiger partial charge on any atom is -0.361 e. The Morgan fingerprint density at radius 3 is 2.17 bits per heavy atom. The lowest BCUT2D eigenvalue weighted by molar-refractivity contribution is 0.00689. The number of rotatable bonds is 4. The van der Waals surface area contributed by atoms with Gasteiger partial charge >= 0.3 is 6.21 Å². The van der Waals surface area contributed by atoms with Gasteiger partial charge in [-0.15, -0.1) is 0 Å². The van der Waals surface area contributed by atoms with Crippen LogP contribution in [0.5, 0.6) is 0 Å². The van der Waals surface area contributed by atoms with Gasteiger partial charge in [0.15, 0.2) is 4.86 Å². The fourth-order valence-electron chi connectivity index (χ4n) is 2.16. The van der Waals surface area contributed by atoms with E-state index >= 15 is 0 Å². The largest absolute Gasteiger partial charge is 0.361 e. The zero-order valence-corrected chi connectivity index (χ0v) is 11.4. The SMILES string of the molecule is [N-]=[N+]=CC(C(CC1CCCCC1)=S(=O)=O)=S(=O)=O. The summed E-state index contributed by atoms with van der Waals surface area (Å²) in [7, 11) is -5.35. The first kappa shape index (κ1) is 14.8. The summed E-state index contributed by atoms with van der Waals surface area (Å²) < 4.78 is 44.1. The van der Waals surface area contributed by atoms with E-state index in [9.17, 15) is 16.8 Å². The van der Waals surface area contributed by atoms with Crippen LogP contribution in [-0.4, -0.2) is 37.6 Å². The first-order valence-corrected chi connectivity index (χ1v) is 7.80. The molecule has 0 bridgehead atoms. The van der Waals surface area contributed by atoms with Gasteiger partial charge in [0.1, 0.15) is 4.86 Å². The first-order chi connectivity index (χ1) is 8.56. The zero-order valence-electron chi connectivity index (χ0n) is 9.74. The summed E-state index contributed by atoms with van der Waals surface area (Å²) in [6, 6.07) is 0. The molecule has 1 aliphatic carbocycles. The Balaban J connectivity index is 3.09. The molecule has 0 amide bonds. The Bertz CT molecular complexity index is 603. The molecule has 0 saturated heterocycles. The number of hydrogen-bond donors (Lipinski definition) is 0. The van der Waals surface area contributed by atoms with Crippen molar-refractivity contribution >= 4 is 36.5 Å². The molecule has 1 fully saturated rings. The summed E-state index contributed by atoms with van der Waals surface area (Å²) >= 11 is 0. The molecule has 18 heavy (non-hydrogen) atoms. The van der Waals surface area contributed by atoms with Gasteiger partial charge in [-0.25, -0.2) is 0 Å². The molecule has 1 rings (SSSR count). The molecular weight excluding hydrogens is 276 g/mol. The van der Waals surface area contributed by atoms with Crippen LogP contribution in [0.1, 0.15) is 38.5 Å². The second-order valence-electron chi connectivity index (χ2n) is 4.21. The van der Waals surface area contributed by atoms with Crippen LogP contribution in [0, 0.1) is 5.92 Å². The Morgan fingerprint density at radius 2 is 1.72 bits per heavy atom. The molecule has 0 unspecified atom stereocenters. The predicted octanol–water partition coefficient (Wildman–Crippen LogP) is 0.360. The van der Waals surface area contributed by atoms with Gasteiger partial charge in [0.25, 0.3) is 0 Å². The van der Waals surface area contributed by atoms with Crippen molar-refractivity contribution in [3.8, 4) is 0 Å². The van der Waals surface area contributed by atoms with Crippen LogP contribution in [0.2, 0.25) is 0 Å². The second-order valence-corrected chi connectivity index (χ2v) is 6.08. The van der Waals surface area contributed by atoms with E-state index in [2.05, 4.69) is 4.79 Å². The van der Waals surface area contributed by atoms with Crippen molar-refractivity contribution in [1.82, 2.24) is 0 Å². The zero-order chi connectivity index (χ0) is 13.5. The second kappa shape index (κ2) is 7.25. The van der Waals surface area contributed by atoms with Crippen LogP contribution in [0.3, 0.4) is 0 Å². The van der Waals surface area contributed by atoms with Crippen molar-refractivity contribution < 1.29 is 21.6 Å². The molecule has 6 nitrogen and oxygen atoms in total. The molecule has 1 aliphatic rings. The first-order valence-electron chi connectivity index (χ1n) is 5.65. The highest BCUT2D eigenvalue weighted by Gasteiger charge is 2.22. The van der Waals surface area contributed by atoms with Gasteiger partial charge in [-0.1, -0.05) is 32.1 Å². The summed E-state index contributed by atoms with van der Waals surface area (Å²) in [6.07, 6.45) is 5.84. The van der Waals surface area contributed by atoms with Crippen LogP contribution in [-0.2, 0) is 20.6 Å². The average Bonchev–Trinajstić information content (AvgIpc) is 2.34. The van der Waals surface area contributed by atoms with Crippen molar-refractivity contribution in [2.75, 3.05) is 0 Å². The van der Waals surface area contributed by atoms with Crippen molar-refractivity contribution in [3.05, 3.63) is 5.53 Å². The molecule has 8 heteroatoms. The molecule has 0 radical (unpaired) electrons. The van der Waals surface area contributed by atoms with E-state index in [0.717, 1.165) is 32.1 Å². The van der Waals surface area contributed by atoms with Gasteiger partial charge in [0, 0.05) is 0 Å². The van der Waals surface area contributed by atoms with Gasteiger partial charge in [-0.2, -0.15) is 21.6 Å². The highest BCUT2D eigenvalue weighted by molar-refractivity contribution is 7.83. The molecule has 0 spiro atoms. The molecule has 0 atom stereocenters. The summed E-state index contributed by atoms with van der Waals surface area (Å²) in [5.41, 5.74) is 8.38. The van der Waals surface area contributed by atoms with Crippen LogP contribution in [0.15, 0.2) is 0 Å². The lowest BCUT2D eigenvalue weighted by Gasteiger charge is -2.20. The van der Waals surface area contributed by atoms with Crippen LogP contribution >= 0.6 is 0 Å². The normalized spacial score (nSPS) is 15.6. The Kier molecular flexibility index (Phi) is 5.97. The number of nitrogens with zero attached hydrogens (tertiary/aromatic N) is 2. The maximum Gasteiger partial charge on any atom is 0.304 e. The molecule has 0 heterocycles. The minimum absolute atomic E-state index is 0.178. The Labute approximate surface area is 108 Å². The molecule has 0 N–H and O–H groups in total. The van der Waals surface area contributed by atoms with E-state index in [0.29, 0.717) is 6.21 Å². The summed E-state index contributed by atoms with van der Waals surface area (Å²) in [6.45, 7) is 0. The number of hydrogen-bond acceptors (Lipinski definition) is 4. The van der Waals surface area contributed by atoms with Crippen LogP contribution < -0.4 is 0 Å². The Morgan fingerprint density at radius 1 is 1.11 bits per heavy atom. The monoisotopic (exact) mass is 290 g/mol. The molecular formula is C10H14N2O4S2. The molecule has 0 aromatic rings. The molecule has 100 valence electrons. The highest BCUT2D eigenvalue weighted by atomic mass is 32.2. The van der Waals surface area contributed by atoms with Crippen LogP contribution in [0.4, 0.5) is 0 Å². The maximum absolute atomic E-state index is 11.1. The molecule has 0 aromatic carbocycles. The van der Waals surface area contributed by atoms with Gasteiger partial charge in [0.05, 0.1) is 0 Å². The van der Waals surface area contributed by atoms with Gasteiger partial charge in [0.2, 0.25) is 20.6 Å². The molecule has 0 aliphatic heterocycles. The van der Waals surface area contributed by atoms with E-state index in [1.807, 2.05) is 0 Å². The minimum atomic E-state index is -2.73. The van der Waals surface area contributed by atoms with E-state index < -0.39 is 25.5 Å². The van der Waals surface area contributed by atoms with E-state index in [4.69, 9.17) is 5.53 Å². The van der Waals surface area contributed by atoms with Crippen molar-refractivity contribution in [3.63, 3.8) is 0 Å². The van der Waals surface area contributed by atoms with E-state index in [1.54, 1.807) is 0 Å². The standard InChI is InChI=1S/C10H14N2O4S2/c11-12-7-10(18(15)16)9(17(13)14)6-8-4-2-1-3-5-8/h7-8H,1-6H2. The fraction of sp³-hybridized carbons (Fsp3) is 0.700. The van der Waals surface area contributed by atoms with Crippen molar-refractivity contribution in [1.29, 1.82) is 0 Å². The smallest absolute Gasteiger partial charge is 0.304 e. The lowest BCUT2D eigenvalue weighted by atomic mass is 9.86. The summed E-state index contributed by atoms with van der Waals surface area (Å²) in [5.74, 6) is 0.178. The maximum atomic E-state index is 11.1. The third-order valence-corrected chi connectivity index (χ3v) is 4.66. The van der Waals surface area contributed by atoms with Crippen molar-refractivity contribution in [2.24, 2.45) is 5.92 Å². The highest BCUT2D eigenvalue weighted by Crippen LogP contribution is 2.26. The lowest BCUT2D eigenvalue weighted by Crippen LogP contribution is -2.23. The predicted molar refractivity (Wildman–Crippen MR) is 68.7 cm³/mol. The quantitative estimate of drug-likeness (QED) is 0.322. The molecule has 1 saturated carbocycles. The van der Waals surface area contributed by atoms with Gasteiger partial charge < -0.3 is 5.53 Å². The third-order valence-electron chi connectivity index (χ3n) is 3.03. The topological polar surface area (TPSA) is 105 Å². The third kappa shape index (κ3) is 4.21. The van der Waals surface area contributed by atoms with Crippen LogP contribution in [0.25, 0.3) is 5.53 Å². The fourth-order valence-corrected chi connectivity index (χ4v) is 3.56. The van der Waals surface area contributed by atoms with Gasteiger partial charge in [-0.3, -0.25) is 0 Å². The van der Waals surface area contributed by atoms with Gasteiger partial charge in [-0.05, 0) is 12.3 Å². The van der Waals surface area contributed by atoms with E-state index in [-0.39, 0.29) is 17.2 Å². The Hall–Kier alpha value is -1.24. The summed E-state index contributed by atoms with van der Waals surface area (Å²) in [5, 5.41) is 0. The average molecular weight is 290 g/mol. The van der Waals surface area contributed by atoms with Crippen molar-refractivity contribution in [2.45, 2.75) is 38.5 Å². The summed E-state index contributed by atoms with van der Waals surface area (Å²) in [4.78, 5) is 1.94. The van der Waals surface area contributed by atoms with E-state index in [1.165, 1.54) is 0 Å². The molecule has 0 aromatic heterocycles.